The second kappa shape index (κ2) is 5.72. The number of aromatic amines is 2. The van der Waals surface area contributed by atoms with E-state index in [1.165, 1.54) is 6.07 Å². The molecule has 4 rings (SSSR count). The standard InChI is InChI=1S/C18H13N5O2/c19-15(24)13-9-11-7-4-8-12(14(11)20-18(13)25)17-21-16(22-23-17)10-5-2-1-3-6-10/h1-9H,(H2,19,24)(H,20,25)(H,21,22,23). The first-order chi connectivity index (χ1) is 12.1. The monoisotopic (exact) mass is 331 g/mol. The predicted molar refractivity (Wildman–Crippen MR) is 93.9 cm³/mol. The highest BCUT2D eigenvalue weighted by Crippen LogP contribution is 2.25. The summed E-state index contributed by atoms with van der Waals surface area (Å²) in [4.78, 5) is 30.7. The summed E-state index contributed by atoms with van der Waals surface area (Å²) in [6.07, 6.45) is 0. The van der Waals surface area contributed by atoms with E-state index in [0.717, 1.165) is 5.56 Å². The van der Waals surface area contributed by atoms with Gasteiger partial charge in [0.05, 0.1) is 5.52 Å². The molecule has 4 N–H and O–H groups in total. The Kier molecular flexibility index (Phi) is 3.39. The minimum absolute atomic E-state index is 0.0767. The third kappa shape index (κ3) is 2.57. The molecule has 1 amide bonds. The lowest BCUT2D eigenvalue weighted by Crippen LogP contribution is -2.23. The van der Waals surface area contributed by atoms with Crippen LogP contribution in [-0.2, 0) is 0 Å². The predicted octanol–water partition coefficient (Wildman–Crippen LogP) is 2.08. The molecule has 2 aromatic carbocycles. The molecule has 0 fully saturated rings. The summed E-state index contributed by atoms with van der Waals surface area (Å²) in [5.41, 5.74) is 6.75. The third-order valence-corrected chi connectivity index (χ3v) is 3.92. The number of carbonyl (C=O) groups excluding carboxylic acids is 1. The quantitative estimate of drug-likeness (QED) is 0.532. The highest BCUT2D eigenvalue weighted by atomic mass is 16.2. The summed E-state index contributed by atoms with van der Waals surface area (Å²) >= 11 is 0. The van der Waals surface area contributed by atoms with Crippen molar-refractivity contribution in [2.75, 3.05) is 0 Å². The molecule has 0 aliphatic rings. The molecule has 0 aliphatic heterocycles. The van der Waals surface area contributed by atoms with Crippen molar-refractivity contribution < 1.29 is 4.79 Å². The number of fused-ring (bicyclic) bond motifs is 1. The lowest BCUT2D eigenvalue weighted by atomic mass is 10.1. The Morgan fingerprint density at radius 3 is 2.60 bits per heavy atom. The lowest BCUT2D eigenvalue weighted by Gasteiger charge is -2.04. The number of benzene rings is 2. The zero-order valence-corrected chi connectivity index (χ0v) is 13.0. The maximum absolute atomic E-state index is 12.1. The van der Waals surface area contributed by atoms with Crippen molar-refractivity contribution in [2.24, 2.45) is 5.73 Å². The zero-order valence-electron chi connectivity index (χ0n) is 13.0. The highest BCUT2D eigenvalue weighted by Gasteiger charge is 2.14. The lowest BCUT2D eigenvalue weighted by molar-refractivity contribution is 0.0999. The minimum Gasteiger partial charge on any atom is -0.365 e. The molecule has 4 aromatic rings. The summed E-state index contributed by atoms with van der Waals surface area (Å²) in [6, 6.07) is 16.5. The average molecular weight is 331 g/mol. The van der Waals surface area contributed by atoms with Gasteiger partial charge in [-0.25, -0.2) is 4.98 Å². The molecule has 7 heteroatoms. The van der Waals surface area contributed by atoms with Crippen molar-refractivity contribution in [1.29, 1.82) is 0 Å². The van der Waals surface area contributed by atoms with Crippen molar-refractivity contribution in [3.05, 3.63) is 70.5 Å². The van der Waals surface area contributed by atoms with Gasteiger partial charge in [-0.05, 0) is 17.5 Å². The van der Waals surface area contributed by atoms with Gasteiger partial charge in [-0.2, -0.15) is 5.10 Å². The van der Waals surface area contributed by atoms with Crippen LogP contribution in [0.25, 0.3) is 33.7 Å². The molecule has 0 bridgehead atoms. The molecular weight excluding hydrogens is 318 g/mol. The molecule has 0 saturated carbocycles. The molecule has 25 heavy (non-hydrogen) atoms. The van der Waals surface area contributed by atoms with Crippen molar-refractivity contribution in [3.8, 4) is 22.8 Å². The van der Waals surface area contributed by atoms with Crippen LogP contribution >= 0.6 is 0 Å². The van der Waals surface area contributed by atoms with Gasteiger partial charge >= 0.3 is 0 Å². The number of carbonyl (C=O) groups is 1. The number of nitrogens with one attached hydrogen (secondary N) is 2. The molecule has 0 aliphatic carbocycles. The molecule has 0 atom stereocenters. The second-order valence-electron chi connectivity index (χ2n) is 5.52. The van der Waals surface area contributed by atoms with E-state index in [0.29, 0.717) is 28.1 Å². The van der Waals surface area contributed by atoms with E-state index >= 15 is 0 Å². The first kappa shape index (κ1) is 14.8. The average Bonchev–Trinajstić information content (AvgIpc) is 3.11. The normalized spacial score (nSPS) is 10.9. The Morgan fingerprint density at radius 2 is 1.84 bits per heavy atom. The molecule has 0 saturated heterocycles. The fourth-order valence-corrected chi connectivity index (χ4v) is 2.71. The van der Waals surface area contributed by atoms with Crippen molar-refractivity contribution in [1.82, 2.24) is 20.2 Å². The summed E-state index contributed by atoms with van der Waals surface area (Å²) in [5, 5.41) is 7.81. The number of nitrogens with zero attached hydrogens (tertiary/aromatic N) is 2. The van der Waals surface area contributed by atoms with E-state index in [2.05, 4.69) is 20.2 Å². The maximum Gasteiger partial charge on any atom is 0.261 e. The maximum atomic E-state index is 12.1. The van der Waals surface area contributed by atoms with E-state index < -0.39 is 11.5 Å². The van der Waals surface area contributed by atoms with Gasteiger partial charge in [0.1, 0.15) is 5.56 Å². The Bertz CT molecular complexity index is 1150. The van der Waals surface area contributed by atoms with Crippen molar-refractivity contribution >= 4 is 16.8 Å². The summed E-state index contributed by atoms with van der Waals surface area (Å²) in [7, 11) is 0. The number of primary amides is 1. The summed E-state index contributed by atoms with van der Waals surface area (Å²) < 4.78 is 0. The van der Waals surface area contributed by atoms with Crippen LogP contribution in [0.4, 0.5) is 0 Å². The van der Waals surface area contributed by atoms with Crippen LogP contribution in [0.3, 0.4) is 0 Å². The molecule has 122 valence electrons. The van der Waals surface area contributed by atoms with Crippen molar-refractivity contribution in [3.63, 3.8) is 0 Å². The smallest absolute Gasteiger partial charge is 0.261 e. The minimum atomic E-state index is -0.764. The number of hydrogen-bond donors (Lipinski definition) is 3. The first-order valence-corrected chi connectivity index (χ1v) is 7.57. The number of nitrogens with two attached hydrogens (primary N) is 1. The summed E-state index contributed by atoms with van der Waals surface area (Å²) in [5.74, 6) is 0.315. The second-order valence-corrected chi connectivity index (χ2v) is 5.52. The molecular formula is C18H13N5O2. The van der Waals surface area contributed by atoms with Gasteiger partial charge in [0.2, 0.25) is 0 Å². The zero-order chi connectivity index (χ0) is 17.4. The van der Waals surface area contributed by atoms with Crippen LogP contribution in [0, 0.1) is 0 Å². The number of hydrogen-bond acceptors (Lipinski definition) is 4. The molecule has 2 aromatic heterocycles. The number of rotatable bonds is 3. The van der Waals surface area contributed by atoms with E-state index in [4.69, 9.17) is 5.73 Å². The van der Waals surface area contributed by atoms with Gasteiger partial charge in [-0.1, -0.05) is 42.5 Å². The van der Waals surface area contributed by atoms with E-state index in [9.17, 15) is 9.59 Å². The molecule has 0 radical (unpaired) electrons. The number of amides is 1. The van der Waals surface area contributed by atoms with E-state index in [-0.39, 0.29) is 5.56 Å². The van der Waals surface area contributed by atoms with Gasteiger partial charge in [0.15, 0.2) is 11.6 Å². The van der Waals surface area contributed by atoms with Gasteiger partial charge in [-0.15, -0.1) is 0 Å². The molecule has 2 heterocycles. The Morgan fingerprint density at radius 1 is 1.04 bits per heavy atom. The number of aromatic nitrogens is 4. The largest absolute Gasteiger partial charge is 0.365 e. The Balaban J connectivity index is 1.88. The van der Waals surface area contributed by atoms with Crippen LogP contribution in [-0.4, -0.2) is 26.1 Å². The summed E-state index contributed by atoms with van der Waals surface area (Å²) in [6.45, 7) is 0. The third-order valence-electron chi connectivity index (χ3n) is 3.92. The molecule has 7 nitrogen and oxygen atoms in total. The van der Waals surface area contributed by atoms with Crippen LogP contribution in [0.15, 0.2) is 59.4 Å². The number of para-hydroxylation sites is 1. The van der Waals surface area contributed by atoms with Crippen molar-refractivity contribution in [2.45, 2.75) is 0 Å². The van der Waals surface area contributed by atoms with Gasteiger partial charge in [0.25, 0.3) is 11.5 Å². The van der Waals surface area contributed by atoms with Crippen LogP contribution < -0.4 is 11.3 Å². The van der Waals surface area contributed by atoms with Crippen LogP contribution in [0.2, 0.25) is 0 Å². The number of H-pyrrole nitrogens is 2. The van der Waals surface area contributed by atoms with Crippen LogP contribution in [0.5, 0.6) is 0 Å². The van der Waals surface area contributed by atoms with Gasteiger partial charge < -0.3 is 10.7 Å². The highest BCUT2D eigenvalue weighted by molar-refractivity contribution is 5.99. The SMILES string of the molecule is NC(=O)c1cc2cccc(-c3nc(-c4ccccc4)n[nH]3)c2[nH]c1=O. The van der Waals surface area contributed by atoms with E-state index in [1.807, 2.05) is 42.5 Å². The van der Waals surface area contributed by atoms with Gasteiger partial charge in [0, 0.05) is 11.1 Å². The molecule has 0 spiro atoms. The van der Waals surface area contributed by atoms with Gasteiger partial charge in [-0.3, -0.25) is 14.7 Å². The molecule has 0 unspecified atom stereocenters. The fourth-order valence-electron chi connectivity index (χ4n) is 2.71. The van der Waals surface area contributed by atoms with Crippen LogP contribution in [0.1, 0.15) is 10.4 Å². The topological polar surface area (TPSA) is 118 Å². The first-order valence-electron chi connectivity index (χ1n) is 7.57. The van der Waals surface area contributed by atoms with E-state index in [1.54, 1.807) is 6.07 Å². The Hall–Kier alpha value is -3.74. The Labute approximate surface area is 141 Å². The number of pyridine rings is 1. The fraction of sp³-hybridized carbons (Fsp3) is 0.